The Morgan fingerprint density at radius 1 is 0.623 bits per heavy atom. The number of aliphatic hydroxyl groups is 1. The van der Waals surface area contributed by atoms with E-state index in [0.717, 1.165) is 96.3 Å². The number of allylic oxidation sites excluding steroid dienone is 10. The van der Waals surface area contributed by atoms with Gasteiger partial charge in [-0.3, -0.25) is 18.6 Å². The van der Waals surface area contributed by atoms with Crippen molar-refractivity contribution < 1.29 is 47.8 Å². The van der Waals surface area contributed by atoms with E-state index in [2.05, 4.69) is 79.9 Å². The SMILES string of the molecule is CC/C=C\C/C=C\C/C=C\C/C=C\C/C=C\CCCCCCCCCC(=O)OCC(O)COP(=O)(O)OCC(NC(=O)CCCCCCCC)C(=O)O. The molecule has 0 bridgehead atoms. The van der Waals surface area contributed by atoms with Crippen molar-refractivity contribution >= 4 is 25.7 Å². The molecule has 0 saturated heterocycles. The first-order chi connectivity index (χ1) is 25.6. The molecule has 304 valence electrons. The first-order valence-corrected chi connectivity index (χ1v) is 21.3. The summed E-state index contributed by atoms with van der Waals surface area (Å²) in [5.41, 5.74) is 0. The lowest BCUT2D eigenvalue weighted by Crippen LogP contribution is -2.43. The first kappa shape index (κ1) is 50.2. The number of carboxylic acids is 1. The fourth-order valence-corrected chi connectivity index (χ4v) is 5.76. The predicted molar refractivity (Wildman–Crippen MR) is 212 cm³/mol. The van der Waals surface area contributed by atoms with E-state index in [1.165, 1.54) is 12.8 Å². The molecule has 0 saturated carbocycles. The van der Waals surface area contributed by atoms with Crippen molar-refractivity contribution in [2.75, 3.05) is 19.8 Å². The topological polar surface area (TPSA) is 169 Å². The van der Waals surface area contributed by atoms with Crippen LogP contribution in [0.4, 0.5) is 0 Å². The number of esters is 1. The molecule has 0 fully saturated rings. The minimum Gasteiger partial charge on any atom is -0.480 e. The van der Waals surface area contributed by atoms with Gasteiger partial charge in [0, 0.05) is 12.8 Å². The highest BCUT2D eigenvalue weighted by atomic mass is 31.2. The number of aliphatic hydroxyl groups excluding tert-OH is 1. The summed E-state index contributed by atoms with van der Waals surface area (Å²) in [6.45, 7) is 2.34. The zero-order chi connectivity index (χ0) is 39.3. The largest absolute Gasteiger partial charge is 0.480 e. The molecule has 0 radical (unpaired) electrons. The molecule has 0 aromatic carbocycles. The minimum absolute atomic E-state index is 0.140. The van der Waals surface area contributed by atoms with Crippen LogP contribution >= 0.6 is 7.82 Å². The maximum absolute atomic E-state index is 12.2. The van der Waals surface area contributed by atoms with Gasteiger partial charge in [-0.25, -0.2) is 9.36 Å². The molecule has 0 aromatic rings. The van der Waals surface area contributed by atoms with Crippen molar-refractivity contribution in [1.29, 1.82) is 0 Å². The molecule has 12 heteroatoms. The van der Waals surface area contributed by atoms with Crippen LogP contribution in [0, 0.1) is 0 Å². The van der Waals surface area contributed by atoms with Gasteiger partial charge in [0.1, 0.15) is 12.7 Å². The van der Waals surface area contributed by atoms with E-state index in [4.69, 9.17) is 13.8 Å². The number of hydrogen-bond acceptors (Lipinski definition) is 8. The van der Waals surface area contributed by atoms with Crippen LogP contribution in [0.3, 0.4) is 0 Å². The van der Waals surface area contributed by atoms with Crippen LogP contribution in [0.1, 0.15) is 149 Å². The van der Waals surface area contributed by atoms with Gasteiger partial charge < -0.3 is 25.2 Å². The van der Waals surface area contributed by atoms with Crippen molar-refractivity contribution in [1.82, 2.24) is 5.32 Å². The van der Waals surface area contributed by atoms with Gasteiger partial charge in [0.15, 0.2) is 6.04 Å². The van der Waals surface area contributed by atoms with Crippen molar-refractivity contribution in [2.45, 2.75) is 161 Å². The third-order valence-corrected chi connectivity index (χ3v) is 9.02. The lowest BCUT2D eigenvalue weighted by molar-refractivity contribution is -0.147. The summed E-state index contributed by atoms with van der Waals surface area (Å²) in [4.78, 5) is 45.4. The molecular weight excluding hydrogens is 697 g/mol. The van der Waals surface area contributed by atoms with E-state index < -0.39 is 57.6 Å². The molecule has 0 aliphatic rings. The van der Waals surface area contributed by atoms with Crippen molar-refractivity contribution in [3.05, 3.63) is 60.8 Å². The molecule has 3 atom stereocenters. The Morgan fingerprint density at radius 3 is 1.64 bits per heavy atom. The zero-order valence-electron chi connectivity index (χ0n) is 32.5. The van der Waals surface area contributed by atoms with Gasteiger partial charge in [0.05, 0.1) is 13.2 Å². The van der Waals surface area contributed by atoms with Crippen LogP contribution in [-0.4, -0.2) is 64.9 Å². The van der Waals surface area contributed by atoms with E-state index in [1.807, 2.05) is 0 Å². The summed E-state index contributed by atoms with van der Waals surface area (Å²) in [5.74, 6) is -2.40. The van der Waals surface area contributed by atoms with Crippen molar-refractivity contribution in [3.63, 3.8) is 0 Å². The quantitative estimate of drug-likeness (QED) is 0.0208. The molecule has 0 rings (SSSR count). The fourth-order valence-electron chi connectivity index (χ4n) is 4.99. The minimum atomic E-state index is -4.75. The molecule has 0 heterocycles. The molecule has 4 N–H and O–H groups in total. The molecule has 1 amide bonds. The standard InChI is InChI=1S/C41H70NO10P/c1-3-5-7-9-11-12-13-14-15-16-17-18-19-20-21-22-23-24-25-26-27-29-31-33-40(45)50-34-37(43)35-51-53(48,49)52-36-38(41(46)47)42-39(44)32-30-28-10-8-6-4-2/h5,7,11-12,14-15,17-18,20-21,37-38,43H,3-4,6,8-10,13,16,19,22-36H2,1-2H3,(H,42,44)(H,46,47)(H,48,49)/b7-5-,12-11-,15-14-,18-17-,21-20-. The van der Waals surface area contributed by atoms with E-state index >= 15 is 0 Å². The van der Waals surface area contributed by atoms with Gasteiger partial charge in [-0.15, -0.1) is 0 Å². The number of hydrogen-bond donors (Lipinski definition) is 4. The maximum atomic E-state index is 12.2. The molecular formula is C41H70NO10P. The summed E-state index contributed by atoms with van der Waals surface area (Å²) in [7, 11) is -4.75. The van der Waals surface area contributed by atoms with Crippen LogP contribution in [0.5, 0.6) is 0 Å². The molecule has 0 aliphatic heterocycles. The normalized spacial score (nSPS) is 14.5. The van der Waals surface area contributed by atoms with E-state index in [9.17, 15) is 34.1 Å². The van der Waals surface area contributed by atoms with E-state index in [0.29, 0.717) is 12.8 Å². The number of nitrogens with one attached hydrogen (secondary N) is 1. The summed E-state index contributed by atoms with van der Waals surface area (Å²) in [6, 6.07) is -1.54. The number of rotatable bonds is 36. The Hall–Kier alpha value is -2.82. The van der Waals surface area contributed by atoms with E-state index in [-0.39, 0.29) is 12.8 Å². The molecule has 53 heavy (non-hydrogen) atoms. The highest BCUT2D eigenvalue weighted by molar-refractivity contribution is 7.47. The third-order valence-electron chi connectivity index (χ3n) is 8.07. The van der Waals surface area contributed by atoms with Gasteiger partial charge in [0.25, 0.3) is 0 Å². The molecule has 0 aromatic heterocycles. The number of carbonyl (C=O) groups excluding carboxylic acids is 2. The highest BCUT2D eigenvalue weighted by Gasteiger charge is 2.28. The van der Waals surface area contributed by atoms with Crippen molar-refractivity contribution in [3.8, 4) is 0 Å². The first-order valence-electron chi connectivity index (χ1n) is 19.8. The summed E-state index contributed by atoms with van der Waals surface area (Å²) < 4.78 is 26.6. The average molecular weight is 768 g/mol. The second-order valence-corrected chi connectivity index (χ2v) is 14.5. The lowest BCUT2D eigenvalue weighted by atomic mass is 10.1. The zero-order valence-corrected chi connectivity index (χ0v) is 33.4. The van der Waals surface area contributed by atoms with Crippen LogP contribution in [0.15, 0.2) is 60.8 Å². The monoisotopic (exact) mass is 767 g/mol. The number of carboxylic acid groups (broad SMARTS) is 1. The van der Waals surface area contributed by atoms with Crippen molar-refractivity contribution in [2.24, 2.45) is 0 Å². The van der Waals surface area contributed by atoms with Gasteiger partial charge in [-0.05, 0) is 57.8 Å². The number of amides is 1. The Morgan fingerprint density at radius 2 is 1.09 bits per heavy atom. The van der Waals surface area contributed by atoms with Gasteiger partial charge in [0.2, 0.25) is 5.91 Å². The van der Waals surface area contributed by atoms with Crippen LogP contribution in [0.25, 0.3) is 0 Å². The Bertz CT molecular complexity index is 1130. The number of phosphoric acid groups is 1. The molecule has 3 unspecified atom stereocenters. The second kappa shape index (κ2) is 36.2. The lowest BCUT2D eigenvalue weighted by Gasteiger charge is -2.18. The van der Waals surface area contributed by atoms with Crippen LogP contribution < -0.4 is 5.32 Å². The third kappa shape index (κ3) is 36.0. The summed E-state index contributed by atoms with van der Waals surface area (Å²) in [5, 5.41) is 21.6. The van der Waals surface area contributed by atoms with E-state index in [1.54, 1.807) is 0 Å². The fraction of sp³-hybridized carbons (Fsp3) is 0.683. The maximum Gasteiger partial charge on any atom is 0.472 e. The number of ether oxygens (including phenoxy) is 1. The second-order valence-electron chi connectivity index (χ2n) is 13.1. The number of carbonyl (C=O) groups is 3. The van der Waals surface area contributed by atoms with Gasteiger partial charge in [-0.1, -0.05) is 139 Å². The number of aliphatic carboxylic acids is 1. The van der Waals surface area contributed by atoms with Crippen LogP contribution in [-0.2, 0) is 32.7 Å². The molecule has 0 spiro atoms. The van der Waals surface area contributed by atoms with Gasteiger partial charge >= 0.3 is 19.8 Å². The number of phosphoric ester groups is 1. The van der Waals surface area contributed by atoms with Crippen LogP contribution in [0.2, 0.25) is 0 Å². The van der Waals surface area contributed by atoms with Gasteiger partial charge in [-0.2, -0.15) is 0 Å². The molecule has 0 aliphatic carbocycles. The summed E-state index contributed by atoms with van der Waals surface area (Å²) in [6.07, 6.45) is 40.1. The Kier molecular flexibility index (Phi) is 34.2. The summed E-state index contributed by atoms with van der Waals surface area (Å²) >= 11 is 0. The Labute approximate surface area is 319 Å². The molecule has 11 nitrogen and oxygen atoms in total. The average Bonchev–Trinajstić information content (AvgIpc) is 3.13. The number of unbranched alkanes of at least 4 members (excludes halogenated alkanes) is 12. The highest BCUT2D eigenvalue weighted by Crippen LogP contribution is 2.43. The Balaban J connectivity index is 3.86. The predicted octanol–water partition coefficient (Wildman–Crippen LogP) is 9.61. The smallest absolute Gasteiger partial charge is 0.472 e.